The third-order valence-electron chi connectivity index (χ3n) is 4.32. The highest BCUT2D eigenvalue weighted by Crippen LogP contribution is 2.13. The van der Waals surface area contributed by atoms with Gasteiger partial charge in [0.2, 0.25) is 5.91 Å². The quantitative estimate of drug-likeness (QED) is 0.690. The number of hydrogen-bond donors (Lipinski definition) is 2. The minimum atomic E-state index is -0.581. The predicted molar refractivity (Wildman–Crippen MR) is 95.5 cm³/mol. The van der Waals surface area contributed by atoms with Gasteiger partial charge in [0.25, 0.3) is 5.91 Å². The highest BCUT2D eigenvalue weighted by Gasteiger charge is 2.18. The summed E-state index contributed by atoms with van der Waals surface area (Å²) in [6, 6.07) is 4.32. The Bertz CT molecular complexity index is 618. The normalized spacial score (nSPS) is 18.2. The van der Waals surface area contributed by atoms with E-state index in [1.54, 1.807) is 26.0 Å². The monoisotopic (exact) mass is 366 g/mol. The van der Waals surface area contributed by atoms with Gasteiger partial charge in [-0.1, -0.05) is 6.07 Å². The molecule has 1 aliphatic rings. The number of rotatable bonds is 8. The van der Waals surface area contributed by atoms with Crippen molar-refractivity contribution in [1.82, 2.24) is 10.6 Å². The zero-order valence-corrected chi connectivity index (χ0v) is 15.3. The fourth-order valence-corrected chi connectivity index (χ4v) is 2.61. The maximum atomic E-state index is 13.5. The van der Waals surface area contributed by atoms with Crippen LogP contribution in [0.25, 0.3) is 0 Å². The molecule has 2 N–H and O–H groups in total. The van der Waals surface area contributed by atoms with Crippen LogP contribution in [0.2, 0.25) is 0 Å². The summed E-state index contributed by atoms with van der Waals surface area (Å²) in [5.41, 5.74) is 0.741. The van der Waals surface area contributed by atoms with Crippen LogP contribution >= 0.6 is 0 Å². The lowest BCUT2D eigenvalue weighted by molar-refractivity contribution is -0.135. The smallest absolute Gasteiger partial charge is 0.251 e. The Balaban J connectivity index is 1.62. The molecule has 7 heteroatoms. The molecule has 0 aromatic heterocycles. The number of halogens is 1. The molecule has 1 saturated heterocycles. The van der Waals surface area contributed by atoms with E-state index in [0.717, 1.165) is 25.9 Å². The standard InChI is InChI=1S/C19H27FN2O4/c1-13-6-7-15(11-17(13)20)19(24)22-9-8-21-18(23)14(2)26-12-16-5-3-4-10-25-16/h6-7,11,14,16H,3-5,8-10,12H2,1-2H3,(H,21,23)(H,22,24). The molecule has 1 aromatic rings. The van der Waals surface area contributed by atoms with Gasteiger partial charge < -0.3 is 20.1 Å². The number of aryl methyl sites for hydroxylation is 1. The lowest BCUT2D eigenvalue weighted by Gasteiger charge is -2.23. The zero-order chi connectivity index (χ0) is 18.9. The highest BCUT2D eigenvalue weighted by atomic mass is 19.1. The Kier molecular flexibility index (Phi) is 8.00. The Morgan fingerprint density at radius 1 is 1.31 bits per heavy atom. The molecule has 1 heterocycles. The number of nitrogens with one attached hydrogen (secondary N) is 2. The van der Waals surface area contributed by atoms with Crippen molar-refractivity contribution in [3.8, 4) is 0 Å². The molecule has 144 valence electrons. The van der Waals surface area contributed by atoms with E-state index in [1.807, 2.05) is 0 Å². The van der Waals surface area contributed by atoms with E-state index in [9.17, 15) is 14.0 Å². The molecular formula is C19H27FN2O4. The summed E-state index contributed by atoms with van der Waals surface area (Å²) in [5, 5.41) is 5.35. The Labute approximate surface area is 153 Å². The van der Waals surface area contributed by atoms with Gasteiger partial charge >= 0.3 is 0 Å². The first-order valence-electron chi connectivity index (χ1n) is 9.02. The van der Waals surface area contributed by atoms with Gasteiger partial charge in [0.15, 0.2) is 0 Å². The summed E-state index contributed by atoms with van der Waals surface area (Å²) in [6.45, 7) is 5.00. The second-order valence-corrected chi connectivity index (χ2v) is 6.48. The largest absolute Gasteiger partial charge is 0.376 e. The fourth-order valence-electron chi connectivity index (χ4n) is 2.61. The molecule has 0 saturated carbocycles. The van der Waals surface area contributed by atoms with E-state index >= 15 is 0 Å². The van der Waals surface area contributed by atoms with Gasteiger partial charge in [-0.2, -0.15) is 0 Å². The van der Waals surface area contributed by atoms with Crippen molar-refractivity contribution in [2.24, 2.45) is 0 Å². The minimum absolute atomic E-state index is 0.0631. The van der Waals surface area contributed by atoms with Crippen LogP contribution in [0.1, 0.15) is 42.1 Å². The lowest BCUT2D eigenvalue weighted by Crippen LogP contribution is -2.40. The molecule has 0 bridgehead atoms. The summed E-state index contributed by atoms with van der Waals surface area (Å²) in [4.78, 5) is 23.9. The molecule has 0 spiro atoms. The Morgan fingerprint density at radius 3 is 2.77 bits per heavy atom. The number of ether oxygens (including phenoxy) is 2. The second-order valence-electron chi connectivity index (χ2n) is 6.48. The Morgan fingerprint density at radius 2 is 2.08 bits per heavy atom. The van der Waals surface area contributed by atoms with Crippen LogP contribution in [0.5, 0.6) is 0 Å². The van der Waals surface area contributed by atoms with Gasteiger partial charge in [-0.15, -0.1) is 0 Å². The predicted octanol–water partition coefficient (Wildman–Crippen LogP) is 1.95. The molecule has 1 aliphatic heterocycles. The van der Waals surface area contributed by atoms with Crippen molar-refractivity contribution >= 4 is 11.8 Å². The van der Waals surface area contributed by atoms with Crippen molar-refractivity contribution in [2.75, 3.05) is 26.3 Å². The SMILES string of the molecule is Cc1ccc(C(=O)NCCNC(=O)C(C)OCC2CCCCO2)cc1F. The maximum absolute atomic E-state index is 13.5. The number of carbonyl (C=O) groups excluding carboxylic acids is 2. The van der Waals surface area contributed by atoms with E-state index in [0.29, 0.717) is 12.2 Å². The molecule has 0 radical (unpaired) electrons. The van der Waals surface area contributed by atoms with E-state index in [2.05, 4.69) is 10.6 Å². The average molecular weight is 366 g/mol. The summed E-state index contributed by atoms with van der Waals surface area (Å²) in [6.07, 6.45) is 2.64. The highest BCUT2D eigenvalue weighted by molar-refractivity contribution is 5.94. The molecular weight excluding hydrogens is 339 g/mol. The first-order valence-corrected chi connectivity index (χ1v) is 9.02. The molecule has 2 unspecified atom stereocenters. The summed E-state index contributed by atoms with van der Waals surface area (Å²) >= 11 is 0. The van der Waals surface area contributed by atoms with Crippen LogP contribution in [-0.4, -0.2) is 50.3 Å². The second kappa shape index (κ2) is 10.2. The summed E-state index contributed by atoms with van der Waals surface area (Å²) in [5.74, 6) is -1.03. The summed E-state index contributed by atoms with van der Waals surface area (Å²) in [7, 11) is 0. The van der Waals surface area contributed by atoms with Crippen LogP contribution in [0, 0.1) is 12.7 Å². The first-order chi connectivity index (χ1) is 12.5. The molecule has 2 amide bonds. The van der Waals surface area contributed by atoms with Crippen molar-refractivity contribution in [3.63, 3.8) is 0 Å². The Hall–Kier alpha value is -1.99. The van der Waals surface area contributed by atoms with Gasteiger partial charge in [0.05, 0.1) is 12.7 Å². The molecule has 2 rings (SSSR count). The van der Waals surface area contributed by atoms with Crippen LogP contribution in [0.15, 0.2) is 18.2 Å². The third kappa shape index (κ3) is 6.38. The van der Waals surface area contributed by atoms with Crippen molar-refractivity contribution < 1.29 is 23.5 Å². The number of carbonyl (C=O) groups is 2. The van der Waals surface area contributed by atoms with Crippen LogP contribution < -0.4 is 10.6 Å². The first kappa shape index (κ1) is 20.3. The molecule has 1 fully saturated rings. The zero-order valence-electron chi connectivity index (χ0n) is 15.3. The van der Waals surface area contributed by atoms with Crippen LogP contribution in [-0.2, 0) is 14.3 Å². The lowest BCUT2D eigenvalue weighted by atomic mass is 10.1. The number of amides is 2. The number of hydrogen-bond acceptors (Lipinski definition) is 4. The van der Waals surface area contributed by atoms with Gasteiger partial charge in [-0.05, 0) is 50.8 Å². The van der Waals surface area contributed by atoms with Crippen LogP contribution in [0.4, 0.5) is 4.39 Å². The molecule has 6 nitrogen and oxygen atoms in total. The van der Waals surface area contributed by atoms with Crippen molar-refractivity contribution in [3.05, 3.63) is 35.1 Å². The van der Waals surface area contributed by atoms with Gasteiger partial charge in [0, 0.05) is 25.3 Å². The van der Waals surface area contributed by atoms with E-state index in [-0.39, 0.29) is 36.6 Å². The third-order valence-corrected chi connectivity index (χ3v) is 4.32. The van der Waals surface area contributed by atoms with Gasteiger partial charge in [-0.25, -0.2) is 4.39 Å². The topological polar surface area (TPSA) is 76.7 Å². The average Bonchev–Trinajstić information content (AvgIpc) is 2.65. The van der Waals surface area contributed by atoms with Gasteiger partial charge in [-0.3, -0.25) is 9.59 Å². The molecule has 0 aliphatic carbocycles. The minimum Gasteiger partial charge on any atom is -0.376 e. The molecule has 26 heavy (non-hydrogen) atoms. The van der Waals surface area contributed by atoms with E-state index < -0.39 is 11.9 Å². The van der Waals surface area contributed by atoms with Crippen molar-refractivity contribution in [2.45, 2.75) is 45.3 Å². The molecule has 2 atom stereocenters. The van der Waals surface area contributed by atoms with Crippen molar-refractivity contribution in [1.29, 1.82) is 0 Å². The van der Waals surface area contributed by atoms with E-state index in [4.69, 9.17) is 9.47 Å². The maximum Gasteiger partial charge on any atom is 0.251 e. The number of benzene rings is 1. The molecule has 1 aromatic carbocycles. The van der Waals surface area contributed by atoms with Crippen LogP contribution in [0.3, 0.4) is 0 Å². The van der Waals surface area contributed by atoms with Gasteiger partial charge in [0.1, 0.15) is 11.9 Å². The van der Waals surface area contributed by atoms with E-state index in [1.165, 1.54) is 6.07 Å². The fraction of sp³-hybridized carbons (Fsp3) is 0.579. The summed E-state index contributed by atoms with van der Waals surface area (Å²) < 4.78 is 24.6.